The lowest BCUT2D eigenvalue weighted by Gasteiger charge is -2.33. The van der Waals surface area contributed by atoms with Crippen molar-refractivity contribution in [2.24, 2.45) is 7.05 Å². The first kappa shape index (κ1) is 13.7. The predicted octanol–water partition coefficient (Wildman–Crippen LogP) is 1.50. The van der Waals surface area contributed by atoms with E-state index in [1.807, 2.05) is 19.3 Å². The summed E-state index contributed by atoms with van der Waals surface area (Å²) in [4.78, 5) is 19.6. The number of pyridine rings is 1. The maximum Gasteiger partial charge on any atom is 0.280 e. The molecule has 0 radical (unpaired) electrons. The molecular formula is C16H16N6O2. The SMILES string of the molecule is Cn1cc2c(n1)C(=O)N(C1CCOCC1)c1nccc3[nH]nc-2c13. The number of aryl methyl sites for hydroxylation is 1. The van der Waals surface area contributed by atoms with E-state index in [0.29, 0.717) is 24.7 Å². The van der Waals surface area contributed by atoms with Gasteiger partial charge in [0, 0.05) is 38.7 Å². The fourth-order valence-electron chi connectivity index (χ4n) is 3.64. The first-order valence-corrected chi connectivity index (χ1v) is 8.02. The van der Waals surface area contributed by atoms with Crippen molar-refractivity contribution in [3.05, 3.63) is 24.2 Å². The van der Waals surface area contributed by atoms with Crippen molar-refractivity contribution < 1.29 is 9.53 Å². The minimum absolute atomic E-state index is 0.0556. The van der Waals surface area contributed by atoms with Gasteiger partial charge in [-0.1, -0.05) is 0 Å². The molecule has 2 aliphatic heterocycles. The monoisotopic (exact) mass is 324 g/mol. The number of nitrogens with zero attached hydrogens (tertiary/aromatic N) is 5. The third kappa shape index (κ3) is 1.77. The Hall–Kier alpha value is -2.74. The van der Waals surface area contributed by atoms with Gasteiger partial charge in [-0.2, -0.15) is 10.2 Å². The van der Waals surface area contributed by atoms with Crippen molar-refractivity contribution in [3.63, 3.8) is 0 Å². The summed E-state index contributed by atoms with van der Waals surface area (Å²) in [6, 6.07) is 1.93. The number of amides is 1. The smallest absolute Gasteiger partial charge is 0.280 e. The van der Waals surface area contributed by atoms with E-state index in [1.54, 1.807) is 15.8 Å². The van der Waals surface area contributed by atoms with Crippen LogP contribution in [0.15, 0.2) is 18.5 Å². The van der Waals surface area contributed by atoms with Crippen LogP contribution in [0.1, 0.15) is 23.3 Å². The zero-order chi connectivity index (χ0) is 16.3. The van der Waals surface area contributed by atoms with Crippen molar-refractivity contribution in [3.8, 4) is 11.3 Å². The molecule has 3 aromatic heterocycles. The maximum absolute atomic E-state index is 13.3. The molecule has 1 amide bonds. The van der Waals surface area contributed by atoms with Crippen LogP contribution in [0.4, 0.5) is 5.82 Å². The number of nitrogens with one attached hydrogen (secondary N) is 1. The number of carbonyl (C=O) groups is 1. The molecule has 0 saturated carbocycles. The summed E-state index contributed by atoms with van der Waals surface area (Å²) in [5, 5.41) is 12.8. The average molecular weight is 324 g/mol. The molecule has 0 aliphatic carbocycles. The fourth-order valence-corrected chi connectivity index (χ4v) is 3.64. The standard InChI is InChI=1S/C16H16N6O2/c1-21-8-10-13-12-11(18-19-13)2-5-17-15(12)22(16(23)14(10)20-21)9-3-6-24-7-4-9/h2,5,8-9H,3-4,6-7H2,1H3,(H,18,19). The van der Waals surface area contributed by atoms with E-state index in [-0.39, 0.29) is 11.9 Å². The van der Waals surface area contributed by atoms with E-state index < -0.39 is 0 Å². The predicted molar refractivity (Wildman–Crippen MR) is 86.7 cm³/mol. The number of hydrogen-bond donors (Lipinski definition) is 1. The van der Waals surface area contributed by atoms with E-state index in [2.05, 4.69) is 20.3 Å². The number of aromatic amines is 1. The maximum atomic E-state index is 13.3. The fraction of sp³-hybridized carbons (Fsp3) is 0.375. The number of fused-ring (bicyclic) bond motifs is 2. The molecule has 0 atom stereocenters. The second kappa shape index (κ2) is 4.88. The summed E-state index contributed by atoms with van der Waals surface area (Å²) in [5.41, 5.74) is 2.78. The van der Waals surface area contributed by atoms with Gasteiger partial charge in [0.1, 0.15) is 11.5 Å². The van der Waals surface area contributed by atoms with Crippen LogP contribution < -0.4 is 4.90 Å². The van der Waals surface area contributed by atoms with Crippen LogP contribution in [0.2, 0.25) is 0 Å². The largest absolute Gasteiger partial charge is 0.381 e. The first-order valence-electron chi connectivity index (χ1n) is 8.02. The van der Waals surface area contributed by atoms with Crippen molar-refractivity contribution in [1.82, 2.24) is 25.0 Å². The normalized spacial score (nSPS) is 18.0. The molecule has 122 valence electrons. The Morgan fingerprint density at radius 1 is 1.29 bits per heavy atom. The van der Waals surface area contributed by atoms with Crippen LogP contribution in [0.25, 0.3) is 22.2 Å². The zero-order valence-electron chi connectivity index (χ0n) is 13.2. The second-order valence-electron chi connectivity index (χ2n) is 6.21. The van der Waals surface area contributed by atoms with Crippen molar-refractivity contribution in [2.45, 2.75) is 18.9 Å². The molecule has 24 heavy (non-hydrogen) atoms. The topological polar surface area (TPSA) is 88.9 Å². The quantitative estimate of drug-likeness (QED) is 0.733. The van der Waals surface area contributed by atoms with Gasteiger partial charge in [-0.15, -0.1) is 0 Å². The van der Waals surface area contributed by atoms with E-state index in [4.69, 9.17) is 4.74 Å². The Balaban J connectivity index is 1.81. The van der Waals surface area contributed by atoms with Crippen LogP contribution in [-0.2, 0) is 11.8 Å². The van der Waals surface area contributed by atoms with E-state index in [1.165, 1.54) is 0 Å². The van der Waals surface area contributed by atoms with Gasteiger partial charge in [-0.25, -0.2) is 4.98 Å². The summed E-state index contributed by atoms with van der Waals surface area (Å²) in [6.07, 6.45) is 5.13. The van der Waals surface area contributed by atoms with Crippen LogP contribution in [-0.4, -0.2) is 50.1 Å². The summed E-state index contributed by atoms with van der Waals surface area (Å²) in [7, 11) is 1.81. The van der Waals surface area contributed by atoms with Gasteiger partial charge in [-0.3, -0.25) is 19.5 Å². The average Bonchev–Trinajstić information content (AvgIpc) is 3.17. The molecule has 8 heteroatoms. The van der Waals surface area contributed by atoms with Crippen LogP contribution >= 0.6 is 0 Å². The van der Waals surface area contributed by atoms with Gasteiger partial charge in [0.25, 0.3) is 5.91 Å². The molecule has 0 spiro atoms. The third-order valence-corrected chi connectivity index (χ3v) is 4.75. The van der Waals surface area contributed by atoms with E-state index >= 15 is 0 Å². The number of anilines is 1. The molecular weight excluding hydrogens is 308 g/mol. The lowest BCUT2D eigenvalue weighted by Crippen LogP contribution is -2.44. The van der Waals surface area contributed by atoms with E-state index in [0.717, 1.165) is 35.0 Å². The Morgan fingerprint density at radius 3 is 2.96 bits per heavy atom. The van der Waals surface area contributed by atoms with Crippen LogP contribution in [0, 0.1) is 0 Å². The van der Waals surface area contributed by atoms with Gasteiger partial charge < -0.3 is 4.74 Å². The van der Waals surface area contributed by atoms with Crippen LogP contribution in [0.5, 0.6) is 0 Å². The lowest BCUT2D eigenvalue weighted by atomic mass is 10.1. The third-order valence-electron chi connectivity index (χ3n) is 4.75. The van der Waals surface area contributed by atoms with Gasteiger partial charge >= 0.3 is 0 Å². The minimum atomic E-state index is -0.115. The summed E-state index contributed by atoms with van der Waals surface area (Å²) >= 11 is 0. The molecule has 1 saturated heterocycles. The van der Waals surface area contributed by atoms with Gasteiger partial charge in [-0.05, 0) is 18.9 Å². The lowest BCUT2D eigenvalue weighted by molar-refractivity contribution is 0.0769. The molecule has 8 nitrogen and oxygen atoms in total. The Bertz CT molecular complexity index is 953. The molecule has 3 aromatic rings. The Kier molecular flexibility index (Phi) is 2.78. The highest BCUT2D eigenvalue weighted by atomic mass is 16.5. The van der Waals surface area contributed by atoms with Crippen molar-refractivity contribution >= 4 is 22.6 Å². The highest BCUT2D eigenvalue weighted by molar-refractivity contribution is 6.17. The molecule has 5 rings (SSSR count). The molecule has 0 unspecified atom stereocenters. The van der Waals surface area contributed by atoms with Gasteiger partial charge in [0.2, 0.25) is 0 Å². The summed E-state index contributed by atoms with van der Waals surface area (Å²) in [5.74, 6) is 0.546. The number of aromatic nitrogens is 5. The Morgan fingerprint density at radius 2 is 2.12 bits per heavy atom. The number of hydrogen-bond acceptors (Lipinski definition) is 5. The highest BCUT2D eigenvalue weighted by Crippen LogP contribution is 2.39. The molecule has 5 heterocycles. The number of ether oxygens (including phenoxy) is 1. The highest BCUT2D eigenvalue weighted by Gasteiger charge is 2.37. The first-order chi connectivity index (χ1) is 11.7. The zero-order valence-corrected chi connectivity index (χ0v) is 13.2. The van der Waals surface area contributed by atoms with Gasteiger partial charge in [0.15, 0.2) is 5.69 Å². The number of carbonyl (C=O) groups excluding carboxylic acids is 1. The Labute approximate surface area is 137 Å². The minimum Gasteiger partial charge on any atom is -0.381 e. The molecule has 1 N–H and O–H groups in total. The second-order valence-corrected chi connectivity index (χ2v) is 6.21. The number of H-pyrrole nitrogens is 1. The van der Waals surface area contributed by atoms with E-state index in [9.17, 15) is 4.79 Å². The van der Waals surface area contributed by atoms with Crippen molar-refractivity contribution in [2.75, 3.05) is 18.1 Å². The molecule has 1 fully saturated rings. The van der Waals surface area contributed by atoms with Crippen molar-refractivity contribution in [1.29, 1.82) is 0 Å². The van der Waals surface area contributed by atoms with Gasteiger partial charge in [0.05, 0.1) is 16.5 Å². The molecule has 0 aromatic carbocycles. The molecule has 0 bridgehead atoms. The van der Waals surface area contributed by atoms with Crippen LogP contribution in [0.3, 0.4) is 0 Å². The summed E-state index contributed by atoms with van der Waals surface area (Å²) < 4.78 is 7.12. The summed E-state index contributed by atoms with van der Waals surface area (Å²) in [6.45, 7) is 1.30. The number of rotatable bonds is 1. The molecule has 2 aliphatic rings.